The van der Waals surface area contributed by atoms with Crippen molar-refractivity contribution in [1.29, 1.82) is 0 Å². The summed E-state index contributed by atoms with van der Waals surface area (Å²) in [5.74, 6) is 6.91. The van der Waals surface area contributed by atoms with Gasteiger partial charge in [-0.1, -0.05) is 75.4 Å². The molecule has 42 heavy (non-hydrogen) atoms. The summed E-state index contributed by atoms with van der Waals surface area (Å²) < 4.78 is 5.46. The molecule has 0 radical (unpaired) electrons. The van der Waals surface area contributed by atoms with Gasteiger partial charge in [-0.25, -0.2) is 15.6 Å². The molecule has 0 spiro atoms. The molecular weight excluding hydrogens is 528 g/mol. The summed E-state index contributed by atoms with van der Waals surface area (Å²) in [5, 5.41) is 11.6. The van der Waals surface area contributed by atoms with Gasteiger partial charge in [0.2, 0.25) is 0 Å². The van der Waals surface area contributed by atoms with Gasteiger partial charge in [0.1, 0.15) is 17.8 Å². The molecule has 2 amide bonds. The molecule has 8 nitrogen and oxygen atoms in total. The maximum Gasteiger partial charge on any atom is 0.338 e. The number of likely N-dealkylation sites (tertiary alicyclic amines) is 1. The minimum atomic E-state index is -0.260. The number of phenolic OH excluding ortho intramolecular Hbond substituents is 1. The van der Waals surface area contributed by atoms with E-state index in [2.05, 4.69) is 12.1 Å². The van der Waals surface area contributed by atoms with Crippen molar-refractivity contribution in [3.63, 3.8) is 0 Å². The Kier molecular flexibility index (Phi) is 14.1. The topological polar surface area (TPSA) is 122 Å². The average molecular weight is 575 g/mol. The van der Waals surface area contributed by atoms with Crippen LogP contribution in [0.25, 0.3) is 16.8 Å². The van der Waals surface area contributed by atoms with Gasteiger partial charge in [0.25, 0.3) is 0 Å². The second-order valence-corrected chi connectivity index (χ2v) is 9.82. The van der Waals surface area contributed by atoms with E-state index >= 15 is 0 Å². The number of piperidine rings is 1. The highest BCUT2D eigenvalue weighted by Crippen LogP contribution is 2.39. The highest BCUT2D eigenvalue weighted by atomic mass is 16.5. The fraction of sp³-hybridized carbons (Fsp3) is 0.353. The summed E-state index contributed by atoms with van der Waals surface area (Å²) in [4.78, 5) is 24.3. The Balaban J connectivity index is 0.000000947. The molecule has 1 aliphatic rings. The van der Waals surface area contributed by atoms with Crippen LogP contribution in [-0.2, 0) is 11.2 Å². The quantitative estimate of drug-likeness (QED) is 0.126. The molecule has 1 fully saturated rings. The first-order valence-corrected chi connectivity index (χ1v) is 14.6. The number of phenols is 1. The smallest absolute Gasteiger partial charge is 0.338 e. The molecule has 1 unspecified atom stereocenters. The van der Waals surface area contributed by atoms with Gasteiger partial charge < -0.3 is 25.3 Å². The predicted molar refractivity (Wildman–Crippen MR) is 171 cm³/mol. The number of hydrogen-bond acceptors (Lipinski definition) is 6. The average Bonchev–Trinajstić information content (AvgIpc) is 3.02. The van der Waals surface area contributed by atoms with Crippen LogP contribution in [0.4, 0.5) is 4.79 Å². The molecule has 8 heteroatoms. The van der Waals surface area contributed by atoms with Crippen molar-refractivity contribution < 1.29 is 19.4 Å². The number of aromatic hydroxyl groups is 1. The van der Waals surface area contributed by atoms with Crippen LogP contribution in [0.3, 0.4) is 0 Å². The number of rotatable bonds is 7. The fourth-order valence-corrected chi connectivity index (χ4v) is 4.79. The number of methoxy groups -OCH3 is 1. The lowest BCUT2D eigenvalue weighted by Gasteiger charge is -2.37. The lowest BCUT2D eigenvalue weighted by atomic mass is 9.96. The Morgan fingerprint density at radius 1 is 1.10 bits per heavy atom. The monoisotopic (exact) mass is 574 g/mol. The molecule has 5 N–H and O–H groups in total. The molecule has 1 heterocycles. The molecule has 4 rings (SSSR count). The number of urea groups is 1. The molecule has 0 saturated carbocycles. The van der Waals surface area contributed by atoms with E-state index in [0.717, 1.165) is 48.1 Å². The minimum Gasteiger partial charge on any atom is -0.507 e. The number of aryl methyl sites for hydroxylation is 1. The maximum atomic E-state index is 13.2. The maximum absolute atomic E-state index is 13.2. The zero-order valence-corrected chi connectivity index (χ0v) is 25.5. The second-order valence-electron chi connectivity index (χ2n) is 9.82. The first kappa shape index (κ1) is 33.9. The molecule has 226 valence electrons. The van der Waals surface area contributed by atoms with Gasteiger partial charge in [-0.2, -0.15) is 0 Å². The van der Waals surface area contributed by atoms with E-state index in [-0.39, 0.29) is 17.8 Å². The Hall–Kier alpha value is -4.30. The van der Waals surface area contributed by atoms with E-state index in [1.54, 1.807) is 13.2 Å². The number of nitrogens with two attached hydrogens (primary N) is 2. The van der Waals surface area contributed by atoms with E-state index in [4.69, 9.17) is 16.3 Å². The summed E-state index contributed by atoms with van der Waals surface area (Å²) in [6, 6.07) is 21.0. The Morgan fingerprint density at radius 2 is 1.74 bits per heavy atom. The van der Waals surface area contributed by atoms with Crippen molar-refractivity contribution in [3.8, 4) is 22.6 Å². The minimum absolute atomic E-state index is 0.103. The number of hydrazine groups is 1. The van der Waals surface area contributed by atoms with Crippen molar-refractivity contribution >= 4 is 18.0 Å². The molecule has 1 aliphatic heterocycles. The first-order valence-electron chi connectivity index (χ1n) is 14.6. The number of benzene rings is 3. The number of aldehydes is 1. The number of amides is 2. The standard InChI is InChI=1S/C29H34N4O3.C3H6O.C2H6/c1-20-16-26(34)28(27(17-20)36-2)23-13-11-22(12-14-23)25(30)19-33(31)29(35)32-15-7-6-10-24(32)18-21-8-4-3-5-9-21;1-2-3-4;1-2/h3-5,8-9,11-14,16-17,19,24,34H,6-7,10,15,18,30-31H2,1-2H3;3H,2H2,1H3;1-2H3/b25-19-;;. The number of ether oxygens (including phenoxy) is 1. The van der Waals surface area contributed by atoms with Crippen LogP contribution in [0.15, 0.2) is 72.9 Å². The van der Waals surface area contributed by atoms with Crippen LogP contribution >= 0.6 is 0 Å². The third-order valence-electron chi connectivity index (χ3n) is 6.81. The molecular formula is C34H46N4O4. The Bertz CT molecular complexity index is 1290. The highest BCUT2D eigenvalue weighted by molar-refractivity contribution is 5.80. The van der Waals surface area contributed by atoms with Gasteiger partial charge in [-0.15, -0.1) is 0 Å². The van der Waals surface area contributed by atoms with E-state index in [0.29, 0.717) is 35.5 Å². The Labute approximate surface area is 250 Å². The van der Waals surface area contributed by atoms with Crippen molar-refractivity contribution in [2.24, 2.45) is 11.6 Å². The van der Waals surface area contributed by atoms with Gasteiger partial charge in [0, 0.05) is 25.2 Å². The van der Waals surface area contributed by atoms with Gasteiger partial charge in [-0.3, -0.25) is 0 Å². The van der Waals surface area contributed by atoms with Crippen molar-refractivity contribution in [1.82, 2.24) is 9.91 Å². The van der Waals surface area contributed by atoms with E-state index in [1.165, 1.54) is 11.8 Å². The van der Waals surface area contributed by atoms with Gasteiger partial charge in [-0.05, 0) is 67.0 Å². The van der Waals surface area contributed by atoms with E-state index < -0.39 is 0 Å². The molecule has 3 aromatic carbocycles. The second kappa shape index (κ2) is 17.5. The Morgan fingerprint density at radius 3 is 2.33 bits per heavy atom. The van der Waals surface area contributed by atoms with Crippen LogP contribution in [0.5, 0.6) is 11.5 Å². The summed E-state index contributed by atoms with van der Waals surface area (Å²) in [6.45, 7) is 8.38. The molecule has 0 aromatic heterocycles. The molecule has 1 saturated heterocycles. The highest BCUT2D eigenvalue weighted by Gasteiger charge is 2.29. The molecule has 0 aliphatic carbocycles. The van der Waals surface area contributed by atoms with Gasteiger partial charge >= 0.3 is 6.03 Å². The lowest BCUT2D eigenvalue weighted by molar-refractivity contribution is -0.107. The molecule has 1 atom stereocenters. The van der Waals surface area contributed by atoms with Crippen LogP contribution in [0.2, 0.25) is 0 Å². The lowest BCUT2D eigenvalue weighted by Crippen LogP contribution is -2.51. The van der Waals surface area contributed by atoms with E-state index in [9.17, 15) is 14.7 Å². The van der Waals surface area contributed by atoms with Crippen molar-refractivity contribution in [2.75, 3.05) is 13.7 Å². The van der Waals surface area contributed by atoms with Gasteiger partial charge in [0.15, 0.2) is 0 Å². The third-order valence-corrected chi connectivity index (χ3v) is 6.81. The number of carbonyl (C=O) groups excluding carboxylic acids is 2. The summed E-state index contributed by atoms with van der Waals surface area (Å²) in [7, 11) is 1.58. The summed E-state index contributed by atoms with van der Waals surface area (Å²) in [6.07, 6.45) is 6.79. The number of carbonyl (C=O) groups is 2. The molecule has 0 bridgehead atoms. The van der Waals surface area contributed by atoms with E-state index in [1.807, 2.05) is 81.1 Å². The number of hydrogen-bond donors (Lipinski definition) is 3. The fourth-order valence-electron chi connectivity index (χ4n) is 4.79. The van der Waals surface area contributed by atoms with Crippen LogP contribution in [0, 0.1) is 6.92 Å². The first-order chi connectivity index (χ1) is 20.3. The van der Waals surface area contributed by atoms with Gasteiger partial charge in [0.05, 0.1) is 18.4 Å². The predicted octanol–water partition coefficient (Wildman–Crippen LogP) is 6.65. The van der Waals surface area contributed by atoms with Crippen molar-refractivity contribution in [3.05, 3.63) is 89.6 Å². The summed E-state index contributed by atoms with van der Waals surface area (Å²) in [5.41, 5.74) is 10.9. The normalized spacial score (nSPS) is 14.5. The SMILES string of the molecule is CC.CCC=O.COc1cc(C)cc(O)c1-c1ccc(/C(N)=C/N(N)C(=O)N2CCCCC2Cc2ccccc2)cc1. The van der Waals surface area contributed by atoms with Crippen LogP contribution in [-0.4, -0.2) is 47.0 Å². The number of nitrogens with zero attached hydrogens (tertiary/aromatic N) is 2. The van der Waals surface area contributed by atoms with Crippen molar-refractivity contribution in [2.45, 2.75) is 65.8 Å². The largest absolute Gasteiger partial charge is 0.507 e. The summed E-state index contributed by atoms with van der Waals surface area (Å²) >= 11 is 0. The third kappa shape index (κ3) is 9.38. The van der Waals surface area contributed by atoms with Crippen LogP contribution in [0.1, 0.15) is 63.1 Å². The molecule has 3 aromatic rings. The van der Waals surface area contributed by atoms with Crippen LogP contribution < -0.4 is 16.3 Å². The zero-order valence-electron chi connectivity index (χ0n) is 25.5. The zero-order chi connectivity index (χ0) is 31.1.